The molecule has 0 radical (unpaired) electrons. The maximum absolute atomic E-state index is 12.5. The average molecular weight is 353 g/mol. The molecule has 6 heteroatoms. The summed E-state index contributed by atoms with van der Waals surface area (Å²) in [5.41, 5.74) is 3.52. The van der Waals surface area contributed by atoms with E-state index in [0.717, 1.165) is 46.1 Å². The first-order valence-electron chi connectivity index (χ1n) is 8.29. The molecule has 5 nitrogen and oxygen atoms in total. The lowest BCUT2D eigenvalue weighted by molar-refractivity contribution is -0.115. The molecule has 0 saturated heterocycles. The predicted octanol–water partition coefficient (Wildman–Crippen LogP) is 4.21. The van der Waals surface area contributed by atoms with Crippen LogP contribution in [0.4, 0.5) is 5.69 Å². The lowest BCUT2D eigenvalue weighted by atomic mass is 10.1. The number of thiophene rings is 1. The molecule has 3 aromatic rings. The number of nitrogens with zero attached hydrogens (tertiary/aromatic N) is 1. The van der Waals surface area contributed by atoms with Crippen molar-refractivity contribution in [3.8, 4) is 17.0 Å². The van der Waals surface area contributed by atoms with Gasteiger partial charge < -0.3 is 10.1 Å². The van der Waals surface area contributed by atoms with Gasteiger partial charge in [0.05, 0.1) is 24.9 Å². The quantitative estimate of drug-likeness (QED) is 0.698. The second-order valence-electron chi connectivity index (χ2n) is 6.17. The fraction of sp³-hybridized carbons (Fsp3) is 0.263. The van der Waals surface area contributed by atoms with Crippen LogP contribution in [0.25, 0.3) is 11.3 Å². The van der Waals surface area contributed by atoms with Crippen LogP contribution in [-0.4, -0.2) is 23.2 Å². The van der Waals surface area contributed by atoms with Crippen molar-refractivity contribution in [3.05, 3.63) is 52.3 Å². The van der Waals surface area contributed by atoms with Crippen LogP contribution in [0.15, 0.2) is 41.8 Å². The van der Waals surface area contributed by atoms with Crippen molar-refractivity contribution in [2.75, 3.05) is 12.4 Å². The predicted molar refractivity (Wildman–Crippen MR) is 99.2 cm³/mol. The summed E-state index contributed by atoms with van der Waals surface area (Å²) in [6, 6.07) is 11.7. The van der Waals surface area contributed by atoms with Crippen molar-refractivity contribution < 1.29 is 9.53 Å². The van der Waals surface area contributed by atoms with Gasteiger partial charge in [-0.1, -0.05) is 18.2 Å². The SMILES string of the molecule is COc1cccc(-c2n[nH]c(C3CC3)c2NC(=O)Cc2cccs2)c1. The number of methoxy groups -OCH3 is 1. The molecule has 128 valence electrons. The van der Waals surface area contributed by atoms with Gasteiger partial charge in [0, 0.05) is 16.4 Å². The van der Waals surface area contributed by atoms with E-state index >= 15 is 0 Å². The fourth-order valence-electron chi connectivity index (χ4n) is 2.88. The van der Waals surface area contributed by atoms with Crippen molar-refractivity contribution in [1.29, 1.82) is 0 Å². The van der Waals surface area contributed by atoms with E-state index in [4.69, 9.17) is 4.74 Å². The Morgan fingerprint density at radius 1 is 1.36 bits per heavy atom. The van der Waals surface area contributed by atoms with Crippen LogP contribution in [0, 0.1) is 0 Å². The highest BCUT2D eigenvalue weighted by atomic mass is 32.1. The molecule has 0 bridgehead atoms. The summed E-state index contributed by atoms with van der Waals surface area (Å²) in [5, 5.41) is 12.7. The lowest BCUT2D eigenvalue weighted by Crippen LogP contribution is -2.15. The van der Waals surface area contributed by atoms with Crippen LogP contribution >= 0.6 is 11.3 Å². The smallest absolute Gasteiger partial charge is 0.229 e. The lowest BCUT2D eigenvalue weighted by Gasteiger charge is -2.09. The van der Waals surface area contributed by atoms with Gasteiger partial charge in [-0.3, -0.25) is 9.89 Å². The van der Waals surface area contributed by atoms with Crippen molar-refractivity contribution in [1.82, 2.24) is 10.2 Å². The summed E-state index contributed by atoms with van der Waals surface area (Å²) in [5.74, 6) is 1.21. The van der Waals surface area contributed by atoms with Gasteiger partial charge in [-0.2, -0.15) is 5.10 Å². The van der Waals surface area contributed by atoms with Crippen LogP contribution in [0.2, 0.25) is 0 Å². The number of hydrogen-bond donors (Lipinski definition) is 2. The Hall–Kier alpha value is -2.60. The number of H-pyrrole nitrogens is 1. The second-order valence-corrected chi connectivity index (χ2v) is 7.20. The number of hydrogen-bond acceptors (Lipinski definition) is 4. The number of rotatable bonds is 6. The number of ether oxygens (including phenoxy) is 1. The van der Waals surface area contributed by atoms with Gasteiger partial charge in [-0.05, 0) is 36.4 Å². The highest BCUT2D eigenvalue weighted by molar-refractivity contribution is 7.10. The van der Waals surface area contributed by atoms with Crippen molar-refractivity contribution in [3.63, 3.8) is 0 Å². The molecule has 0 unspecified atom stereocenters. The summed E-state index contributed by atoms with van der Waals surface area (Å²) in [7, 11) is 1.64. The molecule has 2 N–H and O–H groups in total. The largest absolute Gasteiger partial charge is 0.497 e. The molecule has 1 aliphatic carbocycles. The van der Waals surface area contributed by atoms with Gasteiger partial charge >= 0.3 is 0 Å². The summed E-state index contributed by atoms with van der Waals surface area (Å²) < 4.78 is 5.31. The fourth-order valence-corrected chi connectivity index (χ4v) is 3.59. The first-order valence-corrected chi connectivity index (χ1v) is 9.17. The third-order valence-corrected chi connectivity index (χ3v) is 5.18. The van der Waals surface area contributed by atoms with Gasteiger partial charge in [0.2, 0.25) is 5.91 Å². The maximum Gasteiger partial charge on any atom is 0.229 e. The Kier molecular flexibility index (Phi) is 4.28. The molecule has 1 saturated carbocycles. The van der Waals surface area contributed by atoms with Crippen LogP contribution in [0.5, 0.6) is 5.75 Å². The number of carbonyl (C=O) groups is 1. The minimum atomic E-state index is -0.0186. The second kappa shape index (κ2) is 6.72. The number of nitrogens with one attached hydrogen (secondary N) is 2. The number of amides is 1. The van der Waals surface area contributed by atoms with Gasteiger partial charge in [0.1, 0.15) is 11.4 Å². The number of carbonyl (C=O) groups excluding carboxylic acids is 1. The average Bonchev–Trinajstić information content (AvgIpc) is 3.18. The van der Waals surface area contributed by atoms with Crippen molar-refractivity contribution >= 4 is 22.9 Å². The first kappa shape index (κ1) is 15.9. The maximum atomic E-state index is 12.5. The zero-order valence-corrected chi connectivity index (χ0v) is 14.7. The molecule has 0 spiro atoms. The third-order valence-electron chi connectivity index (χ3n) is 4.30. The molecule has 0 aliphatic heterocycles. The van der Waals surface area contributed by atoms with Gasteiger partial charge in [0.25, 0.3) is 0 Å². The molecule has 2 heterocycles. The van der Waals surface area contributed by atoms with Gasteiger partial charge in [-0.25, -0.2) is 0 Å². The molecule has 1 aromatic carbocycles. The number of aromatic amines is 1. The highest BCUT2D eigenvalue weighted by Gasteiger charge is 2.31. The van der Waals surface area contributed by atoms with E-state index in [1.165, 1.54) is 0 Å². The Balaban J connectivity index is 1.64. The topological polar surface area (TPSA) is 67.0 Å². The number of aromatic nitrogens is 2. The Bertz CT molecular complexity index is 882. The van der Waals surface area contributed by atoms with E-state index < -0.39 is 0 Å². The monoisotopic (exact) mass is 353 g/mol. The van der Waals surface area contributed by atoms with Crippen LogP contribution in [-0.2, 0) is 11.2 Å². The summed E-state index contributed by atoms with van der Waals surface area (Å²) in [4.78, 5) is 13.6. The van der Waals surface area contributed by atoms with Gasteiger partial charge in [0.15, 0.2) is 0 Å². The van der Waals surface area contributed by atoms with E-state index in [2.05, 4.69) is 15.5 Å². The van der Waals surface area contributed by atoms with E-state index in [9.17, 15) is 4.79 Å². The molecule has 25 heavy (non-hydrogen) atoms. The molecule has 1 fully saturated rings. The Morgan fingerprint density at radius 3 is 2.96 bits per heavy atom. The molecule has 0 atom stereocenters. The summed E-state index contributed by atoms with van der Waals surface area (Å²) in [6.07, 6.45) is 2.64. The number of anilines is 1. The Labute approximate surface area is 150 Å². The van der Waals surface area contributed by atoms with Crippen molar-refractivity contribution in [2.45, 2.75) is 25.2 Å². The molecular formula is C19H19N3O2S. The number of benzene rings is 1. The summed E-state index contributed by atoms with van der Waals surface area (Å²) >= 11 is 1.59. The molecule has 2 aromatic heterocycles. The Morgan fingerprint density at radius 2 is 2.24 bits per heavy atom. The third kappa shape index (κ3) is 3.44. The summed E-state index contributed by atoms with van der Waals surface area (Å²) in [6.45, 7) is 0. The highest BCUT2D eigenvalue weighted by Crippen LogP contribution is 2.45. The molecule has 1 amide bonds. The van der Waals surface area contributed by atoms with Gasteiger partial charge in [-0.15, -0.1) is 11.3 Å². The van der Waals surface area contributed by atoms with E-state index in [1.807, 2.05) is 41.8 Å². The normalized spacial score (nSPS) is 13.6. The van der Waals surface area contributed by atoms with Crippen LogP contribution < -0.4 is 10.1 Å². The van der Waals surface area contributed by atoms with Crippen LogP contribution in [0.1, 0.15) is 29.3 Å². The van der Waals surface area contributed by atoms with E-state index in [1.54, 1.807) is 18.4 Å². The molecular weight excluding hydrogens is 334 g/mol. The molecule has 1 aliphatic rings. The zero-order chi connectivity index (χ0) is 17.2. The van der Waals surface area contributed by atoms with Crippen molar-refractivity contribution in [2.24, 2.45) is 0 Å². The zero-order valence-electron chi connectivity index (χ0n) is 13.9. The van der Waals surface area contributed by atoms with E-state index in [0.29, 0.717) is 12.3 Å². The molecule has 4 rings (SSSR count). The van der Waals surface area contributed by atoms with Crippen LogP contribution in [0.3, 0.4) is 0 Å². The first-order chi connectivity index (χ1) is 12.2. The minimum absolute atomic E-state index is 0.0186. The minimum Gasteiger partial charge on any atom is -0.497 e. The van der Waals surface area contributed by atoms with E-state index in [-0.39, 0.29) is 5.91 Å². The standard InChI is InChI=1S/C19H19N3O2S/c1-24-14-5-2-4-13(10-14)18-19(17(21-22-18)12-7-8-12)20-16(23)11-15-6-3-9-25-15/h2-6,9-10,12H,7-8,11H2,1H3,(H,20,23)(H,21,22).